The van der Waals surface area contributed by atoms with E-state index in [1.165, 1.54) is 5.56 Å². The summed E-state index contributed by atoms with van der Waals surface area (Å²) in [5.41, 5.74) is 0.983. The zero-order valence-electron chi connectivity index (χ0n) is 15.3. The van der Waals surface area contributed by atoms with E-state index in [0.717, 1.165) is 6.42 Å². The van der Waals surface area contributed by atoms with E-state index in [1.54, 1.807) is 0 Å². The molecule has 1 saturated carbocycles. The number of rotatable bonds is 6. The lowest BCUT2D eigenvalue weighted by Crippen LogP contribution is -2.61. The molecule has 0 aliphatic heterocycles. The molecule has 136 valence electrons. The second-order valence-electron chi connectivity index (χ2n) is 8.41. The van der Waals surface area contributed by atoms with Crippen LogP contribution in [-0.4, -0.2) is 26.6 Å². The molecule has 2 rings (SSSR count). The number of hydrogen-bond acceptors (Lipinski definition) is 3. The Hall–Kier alpha value is -0.260. The molecule has 1 aromatic carbocycles. The van der Waals surface area contributed by atoms with Crippen molar-refractivity contribution in [3.8, 4) is 0 Å². The summed E-state index contributed by atoms with van der Waals surface area (Å²) in [7, 11) is 0. The highest BCUT2D eigenvalue weighted by Gasteiger charge is 2.52. The molecule has 0 radical (unpaired) electrons. The van der Waals surface area contributed by atoms with Crippen LogP contribution in [0.3, 0.4) is 0 Å². The maximum absolute atomic E-state index is 12.7. The highest BCUT2D eigenvalue weighted by molar-refractivity contribution is 7.90. The van der Waals surface area contributed by atoms with Gasteiger partial charge in [0.05, 0.1) is 12.1 Å². The Kier molecular flexibility index (Phi) is 6.31. The third-order valence-corrected chi connectivity index (χ3v) is 6.66. The zero-order chi connectivity index (χ0) is 18.1. The van der Waals surface area contributed by atoms with Crippen LogP contribution >= 0.6 is 11.6 Å². The fourth-order valence-electron chi connectivity index (χ4n) is 3.45. The van der Waals surface area contributed by atoms with Crippen molar-refractivity contribution in [1.29, 1.82) is 0 Å². The minimum atomic E-state index is -1.15. The molecule has 0 amide bonds. The van der Waals surface area contributed by atoms with Crippen molar-refractivity contribution in [3.63, 3.8) is 0 Å². The van der Waals surface area contributed by atoms with Crippen LogP contribution in [0, 0.1) is 5.92 Å². The van der Waals surface area contributed by atoms with Crippen molar-refractivity contribution in [2.24, 2.45) is 5.92 Å². The molecule has 2 atom stereocenters. The standard InChI is InChI=1S/C19H30ClNO2S/c1-13(2)10-17(21-24(23)18(3,4)5)19(11-16(22)12-19)14-6-8-15(20)9-7-14/h6-9,13,16-17,21-22H,10-12H2,1-5H3/t16-,17-,19+,24-/m1/s1. The summed E-state index contributed by atoms with van der Waals surface area (Å²) in [5.74, 6) is 0.474. The van der Waals surface area contributed by atoms with Crippen LogP contribution in [0.1, 0.15) is 59.4 Å². The van der Waals surface area contributed by atoms with Crippen molar-refractivity contribution in [3.05, 3.63) is 34.9 Å². The van der Waals surface area contributed by atoms with Gasteiger partial charge < -0.3 is 9.66 Å². The van der Waals surface area contributed by atoms with Gasteiger partial charge in [-0.1, -0.05) is 37.6 Å². The molecule has 1 aliphatic rings. The van der Waals surface area contributed by atoms with Gasteiger partial charge in [-0.05, 0) is 63.6 Å². The minimum Gasteiger partial charge on any atom is -0.598 e. The van der Waals surface area contributed by atoms with E-state index in [1.807, 2.05) is 45.0 Å². The fourth-order valence-corrected chi connectivity index (χ4v) is 4.51. The first-order valence-corrected chi connectivity index (χ1v) is 10.2. The quantitative estimate of drug-likeness (QED) is 0.737. The average Bonchev–Trinajstić information content (AvgIpc) is 2.42. The minimum absolute atomic E-state index is 0.0575. The summed E-state index contributed by atoms with van der Waals surface area (Å²) >= 11 is 4.90. The normalized spacial score (nSPS) is 27.0. The van der Waals surface area contributed by atoms with Crippen molar-refractivity contribution in [2.75, 3.05) is 0 Å². The Morgan fingerprint density at radius 3 is 2.25 bits per heavy atom. The summed E-state index contributed by atoms with van der Waals surface area (Å²) < 4.78 is 15.8. The first kappa shape index (κ1) is 20.1. The molecular weight excluding hydrogens is 342 g/mol. The maximum atomic E-state index is 12.7. The van der Waals surface area contributed by atoms with E-state index >= 15 is 0 Å². The van der Waals surface area contributed by atoms with Gasteiger partial charge in [0, 0.05) is 21.8 Å². The van der Waals surface area contributed by atoms with E-state index in [-0.39, 0.29) is 22.3 Å². The van der Waals surface area contributed by atoms with Crippen molar-refractivity contribution < 1.29 is 9.66 Å². The van der Waals surface area contributed by atoms with Gasteiger partial charge in [0.25, 0.3) is 0 Å². The smallest absolute Gasteiger partial charge is 0.136 e. The fraction of sp³-hybridized carbons (Fsp3) is 0.684. The van der Waals surface area contributed by atoms with Crippen LogP contribution in [0.5, 0.6) is 0 Å². The van der Waals surface area contributed by atoms with Gasteiger partial charge in [-0.2, -0.15) is 0 Å². The lowest BCUT2D eigenvalue weighted by molar-refractivity contribution is -0.00279. The van der Waals surface area contributed by atoms with Gasteiger partial charge in [-0.3, -0.25) is 0 Å². The Labute approximate surface area is 154 Å². The average molecular weight is 372 g/mol. The lowest BCUT2D eigenvalue weighted by atomic mass is 9.57. The number of hydrogen-bond donors (Lipinski definition) is 2. The van der Waals surface area contributed by atoms with Gasteiger partial charge in [-0.25, -0.2) is 0 Å². The molecule has 5 heteroatoms. The number of benzene rings is 1. The molecule has 2 N–H and O–H groups in total. The number of nitrogens with one attached hydrogen (secondary N) is 1. The van der Waals surface area contributed by atoms with Gasteiger partial charge >= 0.3 is 0 Å². The third-order valence-electron chi connectivity index (χ3n) is 4.80. The molecule has 1 aromatic rings. The van der Waals surface area contributed by atoms with Crippen molar-refractivity contribution in [1.82, 2.24) is 4.72 Å². The summed E-state index contributed by atoms with van der Waals surface area (Å²) in [4.78, 5) is 0. The van der Waals surface area contributed by atoms with E-state index in [4.69, 9.17) is 11.6 Å². The summed E-state index contributed by atoms with van der Waals surface area (Å²) in [6, 6.07) is 7.95. The monoisotopic (exact) mass is 371 g/mol. The zero-order valence-corrected chi connectivity index (χ0v) is 16.9. The van der Waals surface area contributed by atoms with Crippen LogP contribution in [0.4, 0.5) is 0 Å². The van der Waals surface area contributed by atoms with Crippen LogP contribution < -0.4 is 4.72 Å². The summed E-state index contributed by atoms with van der Waals surface area (Å²) in [6.45, 7) is 10.3. The summed E-state index contributed by atoms with van der Waals surface area (Å²) in [6.07, 6.45) is 2.01. The van der Waals surface area contributed by atoms with Gasteiger partial charge in [0.15, 0.2) is 0 Å². The van der Waals surface area contributed by atoms with E-state index in [9.17, 15) is 9.66 Å². The Morgan fingerprint density at radius 1 is 1.29 bits per heavy atom. The molecule has 0 unspecified atom stereocenters. The van der Waals surface area contributed by atoms with Crippen molar-refractivity contribution in [2.45, 2.75) is 76.2 Å². The molecule has 0 saturated heterocycles. The Morgan fingerprint density at radius 2 is 1.83 bits per heavy atom. The molecule has 0 spiro atoms. The number of halogens is 1. The number of aliphatic hydroxyl groups is 1. The Bertz CT molecular complexity index is 535. The Balaban J connectivity index is 2.33. The van der Waals surface area contributed by atoms with Crippen LogP contribution in [0.25, 0.3) is 0 Å². The molecule has 1 fully saturated rings. The number of aliphatic hydroxyl groups excluding tert-OH is 1. The molecule has 24 heavy (non-hydrogen) atoms. The third kappa shape index (κ3) is 4.47. The van der Waals surface area contributed by atoms with E-state index in [0.29, 0.717) is 23.8 Å². The molecular formula is C19H30ClNO2S. The van der Waals surface area contributed by atoms with Gasteiger partial charge in [0.2, 0.25) is 0 Å². The maximum Gasteiger partial charge on any atom is 0.136 e. The molecule has 0 heterocycles. The molecule has 1 aliphatic carbocycles. The first-order chi connectivity index (χ1) is 11.0. The predicted octanol–water partition coefficient (Wildman–Crippen LogP) is 4.20. The van der Waals surface area contributed by atoms with Gasteiger partial charge in [0.1, 0.15) is 4.75 Å². The second kappa shape index (κ2) is 7.55. The van der Waals surface area contributed by atoms with Crippen LogP contribution in [-0.2, 0) is 16.8 Å². The lowest BCUT2D eigenvalue weighted by Gasteiger charge is -2.51. The van der Waals surface area contributed by atoms with Crippen LogP contribution in [0.2, 0.25) is 5.02 Å². The largest absolute Gasteiger partial charge is 0.598 e. The highest BCUT2D eigenvalue weighted by atomic mass is 35.5. The SMILES string of the molecule is CC(C)C[C@@H](N[S@+]([O-])C(C)(C)C)[C@]1(c2ccc(Cl)cc2)C[C@H](O)C1. The van der Waals surface area contributed by atoms with Crippen LogP contribution in [0.15, 0.2) is 24.3 Å². The highest BCUT2D eigenvalue weighted by Crippen LogP contribution is 2.48. The molecule has 3 nitrogen and oxygen atoms in total. The van der Waals surface area contributed by atoms with Crippen molar-refractivity contribution >= 4 is 23.0 Å². The second-order valence-corrected chi connectivity index (χ2v) is 10.8. The molecule has 0 aromatic heterocycles. The first-order valence-electron chi connectivity index (χ1n) is 8.67. The predicted molar refractivity (Wildman–Crippen MR) is 103 cm³/mol. The topological polar surface area (TPSA) is 55.3 Å². The summed E-state index contributed by atoms with van der Waals surface area (Å²) in [5, 5.41) is 10.8. The van der Waals surface area contributed by atoms with E-state index < -0.39 is 11.4 Å². The van der Waals surface area contributed by atoms with Gasteiger partial charge in [-0.15, -0.1) is 4.72 Å². The van der Waals surface area contributed by atoms with E-state index in [2.05, 4.69) is 18.6 Å². The molecule has 0 bridgehead atoms.